The maximum absolute atomic E-state index is 12.0. The Morgan fingerprint density at radius 1 is 1.20 bits per heavy atom. The van der Waals surface area contributed by atoms with Crippen molar-refractivity contribution in [2.24, 2.45) is 0 Å². The summed E-state index contributed by atoms with van der Waals surface area (Å²) in [5.74, 6) is 0.334. The lowest BCUT2D eigenvalue weighted by Gasteiger charge is -2.06. The van der Waals surface area contributed by atoms with Gasteiger partial charge in [-0.05, 0) is 12.1 Å². The molecule has 0 aliphatic heterocycles. The highest BCUT2D eigenvalue weighted by molar-refractivity contribution is 5.80. The highest BCUT2D eigenvalue weighted by Gasteiger charge is 2.07. The van der Waals surface area contributed by atoms with Gasteiger partial charge in [-0.25, -0.2) is 8.78 Å². The molecule has 2 aromatic heterocycles. The van der Waals surface area contributed by atoms with Gasteiger partial charge in [-0.3, -0.25) is 9.97 Å². The zero-order chi connectivity index (χ0) is 10.7. The normalized spacial score (nSPS) is 10.9. The maximum atomic E-state index is 12.0. The van der Waals surface area contributed by atoms with Crippen LogP contribution in [0.15, 0.2) is 30.6 Å². The van der Waals surface area contributed by atoms with E-state index < -0.39 is 13.0 Å². The van der Waals surface area contributed by atoms with Crippen LogP contribution >= 0.6 is 0 Å². The molecule has 0 radical (unpaired) electrons. The van der Waals surface area contributed by atoms with Gasteiger partial charge in [0.15, 0.2) is 0 Å². The number of alkyl halides is 2. The quantitative estimate of drug-likeness (QED) is 0.779. The van der Waals surface area contributed by atoms with Crippen molar-refractivity contribution < 1.29 is 13.5 Å². The molecule has 0 saturated heterocycles. The van der Waals surface area contributed by atoms with Crippen LogP contribution in [0, 0.1) is 0 Å². The Hall–Kier alpha value is -1.78. The van der Waals surface area contributed by atoms with Crippen molar-refractivity contribution in [2.45, 2.75) is 6.43 Å². The summed E-state index contributed by atoms with van der Waals surface area (Å²) in [6.07, 6.45) is 0.585. The van der Waals surface area contributed by atoms with E-state index in [1.807, 2.05) is 0 Å². The molecular formula is C10H8F2N2O. The van der Waals surface area contributed by atoms with Gasteiger partial charge in [0, 0.05) is 18.5 Å². The monoisotopic (exact) mass is 210 g/mol. The van der Waals surface area contributed by atoms with E-state index >= 15 is 0 Å². The Bertz CT molecular complexity index is 457. The molecule has 2 heterocycles. The molecule has 0 bridgehead atoms. The number of hydrogen-bond donors (Lipinski definition) is 0. The summed E-state index contributed by atoms with van der Waals surface area (Å²) in [6, 6.07) is 5.00. The highest BCUT2D eigenvalue weighted by atomic mass is 19.3. The summed E-state index contributed by atoms with van der Waals surface area (Å²) in [4.78, 5) is 8.07. The number of ether oxygens (including phenoxy) is 1. The zero-order valence-corrected chi connectivity index (χ0v) is 7.73. The predicted molar refractivity (Wildman–Crippen MR) is 51.0 cm³/mol. The van der Waals surface area contributed by atoms with Crippen LogP contribution in [0.4, 0.5) is 8.78 Å². The van der Waals surface area contributed by atoms with Crippen molar-refractivity contribution in [2.75, 3.05) is 6.61 Å². The minimum absolute atomic E-state index is 0.334. The number of fused-ring (bicyclic) bond motifs is 1. The summed E-state index contributed by atoms with van der Waals surface area (Å²) in [6.45, 7) is -0.629. The number of pyridine rings is 2. The Labute approximate surface area is 84.7 Å². The molecule has 78 valence electrons. The van der Waals surface area contributed by atoms with E-state index in [0.29, 0.717) is 16.8 Å². The zero-order valence-electron chi connectivity index (χ0n) is 7.73. The van der Waals surface area contributed by atoms with E-state index in [1.54, 1.807) is 18.3 Å². The lowest BCUT2D eigenvalue weighted by molar-refractivity contribution is 0.0825. The summed E-state index contributed by atoms with van der Waals surface area (Å²) in [5, 5.41) is 0. The van der Waals surface area contributed by atoms with Crippen molar-refractivity contribution in [3.8, 4) is 5.75 Å². The molecule has 0 unspecified atom stereocenters. The van der Waals surface area contributed by atoms with Gasteiger partial charge in [-0.2, -0.15) is 0 Å². The molecule has 15 heavy (non-hydrogen) atoms. The summed E-state index contributed by atoms with van der Waals surface area (Å²) >= 11 is 0. The molecule has 0 spiro atoms. The van der Waals surface area contributed by atoms with Gasteiger partial charge >= 0.3 is 0 Å². The van der Waals surface area contributed by atoms with E-state index in [4.69, 9.17) is 4.74 Å². The van der Waals surface area contributed by atoms with E-state index in [2.05, 4.69) is 9.97 Å². The van der Waals surface area contributed by atoms with Crippen molar-refractivity contribution in [3.63, 3.8) is 0 Å². The molecule has 0 saturated carbocycles. The van der Waals surface area contributed by atoms with Crippen LogP contribution in [-0.2, 0) is 0 Å². The van der Waals surface area contributed by atoms with Crippen LogP contribution in [0.3, 0.4) is 0 Å². The molecule has 5 heteroatoms. The standard InChI is InChI=1S/C10H8F2N2O/c11-9(12)6-15-8-3-5-13-7-2-1-4-14-10(7)8/h1-5,9H,6H2. The van der Waals surface area contributed by atoms with Crippen LogP contribution in [0.2, 0.25) is 0 Å². The summed E-state index contributed by atoms with van der Waals surface area (Å²) < 4.78 is 28.8. The molecule has 0 aromatic carbocycles. The molecular weight excluding hydrogens is 202 g/mol. The fraction of sp³-hybridized carbons (Fsp3) is 0.200. The fourth-order valence-corrected chi connectivity index (χ4v) is 1.22. The third kappa shape index (κ3) is 2.18. The Morgan fingerprint density at radius 2 is 2.07 bits per heavy atom. The Morgan fingerprint density at radius 3 is 2.87 bits per heavy atom. The van der Waals surface area contributed by atoms with Gasteiger partial charge in [-0.15, -0.1) is 0 Å². The average Bonchev–Trinajstić information content (AvgIpc) is 2.26. The lowest BCUT2D eigenvalue weighted by atomic mass is 10.3. The fourth-order valence-electron chi connectivity index (χ4n) is 1.22. The van der Waals surface area contributed by atoms with E-state index in [-0.39, 0.29) is 0 Å². The van der Waals surface area contributed by atoms with Gasteiger partial charge in [0.2, 0.25) is 0 Å². The SMILES string of the molecule is FC(F)COc1ccnc2cccnc12. The molecule has 0 atom stereocenters. The van der Waals surface area contributed by atoms with Gasteiger partial charge in [0.05, 0.1) is 5.52 Å². The second-order valence-corrected chi connectivity index (χ2v) is 2.88. The predicted octanol–water partition coefficient (Wildman–Crippen LogP) is 2.27. The van der Waals surface area contributed by atoms with Gasteiger partial charge in [0.1, 0.15) is 17.9 Å². The van der Waals surface area contributed by atoms with E-state index in [1.165, 1.54) is 12.3 Å². The van der Waals surface area contributed by atoms with Gasteiger partial charge < -0.3 is 4.74 Å². The number of nitrogens with zero attached hydrogens (tertiary/aromatic N) is 2. The maximum Gasteiger partial charge on any atom is 0.272 e. The van der Waals surface area contributed by atoms with Crippen molar-refractivity contribution in [1.82, 2.24) is 9.97 Å². The molecule has 0 amide bonds. The largest absolute Gasteiger partial charge is 0.485 e. The van der Waals surface area contributed by atoms with Gasteiger partial charge in [0.25, 0.3) is 6.43 Å². The topological polar surface area (TPSA) is 35.0 Å². The second kappa shape index (κ2) is 4.16. The molecule has 0 fully saturated rings. The molecule has 2 aromatic rings. The van der Waals surface area contributed by atoms with Crippen LogP contribution < -0.4 is 4.74 Å². The minimum atomic E-state index is -2.49. The first kappa shape index (κ1) is 9.76. The van der Waals surface area contributed by atoms with Crippen LogP contribution in [0.25, 0.3) is 11.0 Å². The molecule has 0 aliphatic rings. The molecule has 2 rings (SSSR count). The average molecular weight is 210 g/mol. The van der Waals surface area contributed by atoms with E-state index in [9.17, 15) is 8.78 Å². The lowest BCUT2D eigenvalue weighted by Crippen LogP contribution is -2.07. The number of hydrogen-bond acceptors (Lipinski definition) is 3. The van der Waals surface area contributed by atoms with E-state index in [0.717, 1.165) is 0 Å². The number of halogens is 2. The summed E-state index contributed by atoms with van der Waals surface area (Å²) in [7, 11) is 0. The van der Waals surface area contributed by atoms with Crippen LogP contribution in [0.5, 0.6) is 5.75 Å². The van der Waals surface area contributed by atoms with Crippen molar-refractivity contribution in [3.05, 3.63) is 30.6 Å². The first-order valence-corrected chi connectivity index (χ1v) is 4.38. The Kier molecular flexibility index (Phi) is 2.71. The van der Waals surface area contributed by atoms with Crippen LogP contribution in [-0.4, -0.2) is 23.0 Å². The molecule has 3 nitrogen and oxygen atoms in total. The third-order valence-corrected chi connectivity index (χ3v) is 1.82. The second-order valence-electron chi connectivity index (χ2n) is 2.88. The van der Waals surface area contributed by atoms with Crippen LogP contribution in [0.1, 0.15) is 0 Å². The van der Waals surface area contributed by atoms with Gasteiger partial charge in [-0.1, -0.05) is 0 Å². The molecule has 0 N–H and O–H groups in total. The smallest absolute Gasteiger partial charge is 0.272 e. The third-order valence-electron chi connectivity index (χ3n) is 1.82. The van der Waals surface area contributed by atoms with Crippen molar-refractivity contribution in [1.29, 1.82) is 0 Å². The number of rotatable bonds is 3. The van der Waals surface area contributed by atoms with Crippen molar-refractivity contribution >= 4 is 11.0 Å². The first-order valence-electron chi connectivity index (χ1n) is 4.38. The Balaban J connectivity index is 2.34. The first-order chi connectivity index (χ1) is 7.27. The molecule has 0 aliphatic carbocycles. The highest BCUT2D eigenvalue weighted by Crippen LogP contribution is 2.21. The summed E-state index contributed by atoms with van der Waals surface area (Å²) in [5.41, 5.74) is 1.13. The number of aromatic nitrogens is 2. The minimum Gasteiger partial charge on any atom is -0.485 e.